The Morgan fingerprint density at radius 3 is 2.07 bits per heavy atom. The maximum absolute atomic E-state index is 2.61. The van der Waals surface area contributed by atoms with Gasteiger partial charge in [0.05, 0.1) is 0 Å². The SMILES string of the molecule is C/C=C(\C)N(c1ccc2c(c1)C(C(C)C)(C(C)C)c1cc3c(cc1-2)C(C)(C)c1ccc2ccccc2c1-3)c1ccc(C)cc1C. The van der Waals surface area contributed by atoms with Gasteiger partial charge in [0.25, 0.3) is 0 Å². The van der Waals surface area contributed by atoms with Crippen molar-refractivity contribution in [2.45, 2.75) is 80.1 Å². The second kappa shape index (κ2) is 10.2. The number of hydrogen-bond donors (Lipinski definition) is 0. The Hall–Kier alpha value is -4.10. The van der Waals surface area contributed by atoms with E-state index in [9.17, 15) is 0 Å². The average molecular weight is 590 g/mol. The second-order valence-corrected chi connectivity index (χ2v) is 14.7. The molecule has 5 aromatic rings. The summed E-state index contributed by atoms with van der Waals surface area (Å²) < 4.78 is 0. The fourth-order valence-electron chi connectivity index (χ4n) is 9.14. The lowest BCUT2D eigenvalue weighted by molar-refractivity contribution is 0.280. The van der Waals surface area contributed by atoms with E-state index in [0.29, 0.717) is 11.8 Å². The van der Waals surface area contributed by atoms with Gasteiger partial charge in [0.1, 0.15) is 0 Å². The van der Waals surface area contributed by atoms with Crippen molar-refractivity contribution < 1.29 is 0 Å². The van der Waals surface area contributed by atoms with Gasteiger partial charge in [-0.1, -0.05) is 108 Å². The largest absolute Gasteiger partial charge is 0.315 e. The minimum absolute atomic E-state index is 0.0620. The lowest BCUT2D eigenvalue weighted by Gasteiger charge is -2.41. The van der Waals surface area contributed by atoms with Crippen molar-refractivity contribution in [1.82, 2.24) is 0 Å². The molecule has 0 atom stereocenters. The van der Waals surface area contributed by atoms with Gasteiger partial charge in [0.2, 0.25) is 0 Å². The van der Waals surface area contributed by atoms with Gasteiger partial charge in [-0.2, -0.15) is 0 Å². The molecule has 0 saturated carbocycles. The third-order valence-corrected chi connectivity index (χ3v) is 11.3. The lowest BCUT2D eigenvalue weighted by atomic mass is 9.62. The summed E-state index contributed by atoms with van der Waals surface area (Å²) in [6.07, 6.45) is 2.23. The normalized spacial score (nSPS) is 15.8. The highest BCUT2D eigenvalue weighted by Crippen LogP contribution is 2.61. The molecule has 0 bridgehead atoms. The molecule has 1 heteroatoms. The zero-order valence-corrected chi connectivity index (χ0v) is 28.8. The molecule has 0 spiro atoms. The van der Waals surface area contributed by atoms with Crippen molar-refractivity contribution in [2.75, 3.05) is 4.90 Å². The van der Waals surface area contributed by atoms with Crippen LogP contribution in [0.5, 0.6) is 0 Å². The predicted molar refractivity (Wildman–Crippen MR) is 195 cm³/mol. The van der Waals surface area contributed by atoms with Crippen LogP contribution in [0, 0.1) is 25.7 Å². The number of rotatable bonds is 5. The first-order valence-corrected chi connectivity index (χ1v) is 16.8. The number of aryl methyl sites for hydroxylation is 2. The zero-order valence-electron chi connectivity index (χ0n) is 28.8. The molecule has 0 amide bonds. The van der Waals surface area contributed by atoms with E-state index >= 15 is 0 Å². The van der Waals surface area contributed by atoms with E-state index in [4.69, 9.17) is 0 Å². The van der Waals surface area contributed by atoms with E-state index in [1.165, 1.54) is 83.5 Å². The number of nitrogens with zero attached hydrogens (tertiary/aromatic N) is 1. The molecule has 0 unspecified atom stereocenters. The van der Waals surface area contributed by atoms with E-state index in [-0.39, 0.29) is 10.8 Å². The quantitative estimate of drug-likeness (QED) is 0.197. The number of anilines is 2. The predicted octanol–water partition coefficient (Wildman–Crippen LogP) is 12.4. The van der Waals surface area contributed by atoms with Gasteiger partial charge in [-0.15, -0.1) is 0 Å². The Morgan fingerprint density at radius 2 is 1.38 bits per heavy atom. The molecule has 2 aliphatic carbocycles. The molecule has 5 aromatic carbocycles. The lowest BCUT2D eigenvalue weighted by Crippen LogP contribution is -2.37. The number of allylic oxidation sites excluding steroid dienone is 2. The molecule has 7 rings (SSSR count). The monoisotopic (exact) mass is 589 g/mol. The highest BCUT2D eigenvalue weighted by atomic mass is 15.1. The van der Waals surface area contributed by atoms with E-state index in [1.54, 1.807) is 0 Å². The van der Waals surface area contributed by atoms with Crippen molar-refractivity contribution in [1.29, 1.82) is 0 Å². The van der Waals surface area contributed by atoms with Crippen molar-refractivity contribution in [3.05, 3.63) is 130 Å². The van der Waals surface area contributed by atoms with Crippen LogP contribution in [0.4, 0.5) is 11.4 Å². The van der Waals surface area contributed by atoms with Gasteiger partial charge in [0, 0.05) is 27.9 Å². The summed E-state index contributed by atoms with van der Waals surface area (Å²) in [7, 11) is 0. The van der Waals surface area contributed by atoms with Crippen LogP contribution in [0.2, 0.25) is 0 Å². The standard InChI is InChI=1S/C44H47N/c1-11-30(8)45(41-21-16-28(6)22-29(41)7)32-18-19-34-35-24-38-36(25-40(35)44(26(2)3,27(4)5)39(34)23-32)42-33-15-13-12-14-31(33)17-20-37(42)43(38,9)10/h11-27H,1-10H3/b30-11+. The molecule has 0 N–H and O–H groups in total. The minimum Gasteiger partial charge on any atom is -0.315 e. The molecule has 0 aromatic heterocycles. The number of hydrogen-bond acceptors (Lipinski definition) is 1. The summed E-state index contributed by atoms with van der Waals surface area (Å²) in [6, 6.07) is 32.9. The first-order chi connectivity index (χ1) is 21.4. The molecule has 2 aliphatic rings. The molecule has 45 heavy (non-hydrogen) atoms. The van der Waals surface area contributed by atoms with E-state index < -0.39 is 0 Å². The zero-order chi connectivity index (χ0) is 32.0. The molecule has 0 radical (unpaired) electrons. The molecular weight excluding hydrogens is 542 g/mol. The molecule has 1 nitrogen and oxygen atoms in total. The van der Waals surface area contributed by atoms with Crippen molar-refractivity contribution >= 4 is 22.1 Å². The van der Waals surface area contributed by atoms with Crippen LogP contribution in [0.25, 0.3) is 33.0 Å². The van der Waals surface area contributed by atoms with Crippen LogP contribution in [-0.4, -0.2) is 0 Å². The van der Waals surface area contributed by atoms with Crippen LogP contribution in [-0.2, 0) is 10.8 Å². The smallest absolute Gasteiger partial charge is 0.0487 e. The van der Waals surface area contributed by atoms with Crippen molar-refractivity contribution in [3.8, 4) is 22.3 Å². The summed E-state index contributed by atoms with van der Waals surface area (Å²) in [5.74, 6) is 0.842. The first kappa shape index (κ1) is 29.6. The van der Waals surface area contributed by atoms with Crippen LogP contribution in [0.15, 0.2) is 96.7 Å². The van der Waals surface area contributed by atoms with E-state index in [1.807, 2.05) is 0 Å². The molecule has 0 heterocycles. The first-order valence-electron chi connectivity index (χ1n) is 16.8. The average Bonchev–Trinajstić information content (AvgIpc) is 3.42. The van der Waals surface area contributed by atoms with Gasteiger partial charge in [-0.3, -0.25) is 0 Å². The van der Waals surface area contributed by atoms with Crippen LogP contribution < -0.4 is 4.90 Å². The molecule has 0 aliphatic heterocycles. The Balaban J connectivity index is 1.51. The van der Waals surface area contributed by atoms with Gasteiger partial charge >= 0.3 is 0 Å². The third-order valence-electron chi connectivity index (χ3n) is 11.3. The van der Waals surface area contributed by atoms with Crippen molar-refractivity contribution in [2.24, 2.45) is 11.8 Å². The second-order valence-electron chi connectivity index (χ2n) is 14.7. The van der Waals surface area contributed by atoms with Gasteiger partial charge in [-0.25, -0.2) is 0 Å². The Morgan fingerprint density at radius 1 is 0.689 bits per heavy atom. The van der Waals surface area contributed by atoms with E-state index in [0.717, 1.165) is 0 Å². The summed E-state index contributed by atoms with van der Waals surface area (Å²) in [6.45, 7) is 23.4. The summed E-state index contributed by atoms with van der Waals surface area (Å²) >= 11 is 0. The Bertz CT molecular complexity index is 2020. The highest BCUT2D eigenvalue weighted by molar-refractivity contribution is 6.03. The fourth-order valence-corrected chi connectivity index (χ4v) is 9.14. The third kappa shape index (κ3) is 3.99. The maximum atomic E-state index is 2.61. The Labute approximate surface area is 270 Å². The van der Waals surface area contributed by atoms with Crippen LogP contribution >= 0.6 is 0 Å². The molecule has 0 saturated heterocycles. The Kier molecular flexibility index (Phi) is 6.72. The summed E-state index contributed by atoms with van der Waals surface area (Å²) in [5.41, 5.74) is 17.7. The summed E-state index contributed by atoms with van der Waals surface area (Å²) in [4.78, 5) is 2.45. The topological polar surface area (TPSA) is 3.24 Å². The fraction of sp³-hybridized carbons (Fsp3) is 0.318. The maximum Gasteiger partial charge on any atom is 0.0487 e. The van der Waals surface area contributed by atoms with Gasteiger partial charge < -0.3 is 4.90 Å². The van der Waals surface area contributed by atoms with Gasteiger partial charge in [-0.05, 0) is 131 Å². The minimum atomic E-state index is -0.106. The molecule has 0 fully saturated rings. The van der Waals surface area contributed by atoms with Crippen LogP contribution in [0.1, 0.15) is 88.8 Å². The van der Waals surface area contributed by atoms with Crippen molar-refractivity contribution in [3.63, 3.8) is 0 Å². The molecule has 228 valence electrons. The molecular formula is C44H47N. The van der Waals surface area contributed by atoms with Gasteiger partial charge in [0.15, 0.2) is 0 Å². The number of fused-ring (bicyclic) bond motifs is 8. The highest BCUT2D eigenvalue weighted by Gasteiger charge is 2.50. The summed E-state index contributed by atoms with van der Waals surface area (Å²) in [5, 5.41) is 2.68. The van der Waals surface area contributed by atoms with Crippen LogP contribution in [0.3, 0.4) is 0 Å². The number of benzene rings is 5. The van der Waals surface area contributed by atoms with E-state index in [2.05, 4.69) is 165 Å².